The molecule has 0 radical (unpaired) electrons. The van der Waals surface area contributed by atoms with Gasteiger partial charge in [0, 0.05) is 11.8 Å². The van der Waals surface area contributed by atoms with E-state index in [0.29, 0.717) is 24.5 Å². The van der Waals surface area contributed by atoms with E-state index in [0.717, 1.165) is 22.5 Å². The molecule has 2 atom stereocenters. The first-order chi connectivity index (χ1) is 14.7. The van der Waals surface area contributed by atoms with Crippen molar-refractivity contribution < 1.29 is 19.0 Å². The van der Waals surface area contributed by atoms with E-state index in [1.165, 1.54) is 0 Å². The highest BCUT2D eigenvalue weighted by Crippen LogP contribution is 2.37. The molecule has 0 fully saturated rings. The van der Waals surface area contributed by atoms with Gasteiger partial charge in [-0.15, -0.1) is 0 Å². The van der Waals surface area contributed by atoms with Gasteiger partial charge in [0.2, 0.25) is 5.91 Å². The molecule has 2 heterocycles. The van der Waals surface area contributed by atoms with Crippen LogP contribution in [-0.2, 0) is 9.53 Å². The predicted molar refractivity (Wildman–Crippen MR) is 115 cm³/mol. The molecule has 2 unspecified atom stereocenters. The number of allylic oxidation sites excluding steroid dienone is 5. The zero-order chi connectivity index (χ0) is 21.1. The third-order valence-electron chi connectivity index (χ3n) is 5.47. The molecule has 0 spiro atoms. The minimum Gasteiger partial charge on any atom is -0.497 e. The summed E-state index contributed by atoms with van der Waals surface area (Å²) in [5.41, 5.74) is 3.07. The number of methoxy groups -OCH3 is 2. The van der Waals surface area contributed by atoms with Gasteiger partial charge in [0.25, 0.3) is 0 Å². The standard InChI is InChI=1S/C24H26N2O4/c1-4-30-20-8-6-5-7-19(20)24(27)26-14-12-18-17(11-13-25-23(18)26)16-9-10-21(28-2)22(15-16)29-3/h5-6,8-15,19,23,25H,4,7H2,1-3H3. The van der Waals surface area contributed by atoms with E-state index in [1.807, 2.05) is 67.9 Å². The van der Waals surface area contributed by atoms with Crippen LogP contribution in [0.1, 0.15) is 18.9 Å². The molecule has 0 bridgehead atoms. The van der Waals surface area contributed by atoms with E-state index in [1.54, 1.807) is 19.1 Å². The van der Waals surface area contributed by atoms with Crippen molar-refractivity contribution in [2.45, 2.75) is 19.5 Å². The summed E-state index contributed by atoms with van der Waals surface area (Å²) < 4.78 is 16.5. The fraction of sp³-hybridized carbons (Fsp3) is 0.292. The van der Waals surface area contributed by atoms with Crippen LogP contribution in [0.15, 0.2) is 72.3 Å². The first kappa shape index (κ1) is 19.9. The molecular weight excluding hydrogens is 380 g/mol. The van der Waals surface area contributed by atoms with Gasteiger partial charge < -0.3 is 19.5 Å². The van der Waals surface area contributed by atoms with E-state index in [4.69, 9.17) is 14.2 Å². The lowest BCUT2D eigenvalue weighted by atomic mass is 9.94. The Morgan fingerprint density at radius 1 is 1.20 bits per heavy atom. The summed E-state index contributed by atoms with van der Waals surface area (Å²) in [4.78, 5) is 15.1. The molecule has 6 heteroatoms. The van der Waals surface area contributed by atoms with E-state index < -0.39 is 0 Å². The Bertz CT molecular complexity index is 987. The topological polar surface area (TPSA) is 60.0 Å². The number of dihydropyridines is 1. The van der Waals surface area contributed by atoms with Gasteiger partial charge in [0.05, 0.1) is 26.7 Å². The molecule has 0 saturated heterocycles. The highest BCUT2D eigenvalue weighted by atomic mass is 16.5. The SMILES string of the molecule is CCOC1=CC=CCC1C(=O)N1C=CC2=C(c3ccc(OC)c(OC)c3)C=CNC21. The van der Waals surface area contributed by atoms with Gasteiger partial charge in [-0.2, -0.15) is 0 Å². The second-order valence-electron chi connectivity index (χ2n) is 7.12. The number of hydrogen-bond acceptors (Lipinski definition) is 5. The Balaban J connectivity index is 1.63. The molecule has 30 heavy (non-hydrogen) atoms. The van der Waals surface area contributed by atoms with Crippen molar-refractivity contribution in [3.8, 4) is 11.5 Å². The van der Waals surface area contributed by atoms with Gasteiger partial charge >= 0.3 is 0 Å². The minimum atomic E-state index is -0.309. The smallest absolute Gasteiger partial charge is 0.239 e. The zero-order valence-electron chi connectivity index (χ0n) is 17.4. The monoisotopic (exact) mass is 406 g/mol. The first-order valence-corrected chi connectivity index (χ1v) is 10.1. The predicted octanol–water partition coefficient (Wildman–Crippen LogP) is 3.75. The summed E-state index contributed by atoms with van der Waals surface area (Å²) >= 11 is 0. The lowest BCUT2D eigenvalue weighted by Gasteiger charge is -2.32. The van der Waals surface area contributed by atoms with Gasteiger partial charge in [-0.1, -0.05) is 18.2 Å². The van der Waals surface area contributed by atoms with Crippen molar-refractivity contribution in [3.05, 3.63) is 77.9 Å². The first-order valence-electron chi connectivity index (χ1n) is 10.1. The molecule has 4 rings (SSSR count). The number of nitrogens with zero attached hydrogens (tertiary/aromatic N) is 1. The Labute approximate surface area is 176 Å². The molecule has 1 aromatic rings. The number of hydrogen-bond donors (Lipinski definition) is 1. The van der Waals surface area contributed by atoms with E-state index in [2.05, 4.69) is 5.32 Å². The van der Waals surface area contributed by atoms with Gasteiger partial charge in [0.1, 0.15) is 11.9 Å². The summed E-state index contributed by atoms with van der Waals surface area (Å²) in [5.74, 6) is 1.78. The maximum absolute atomic E-state index is 13.4. The van der Waals surface area contributed by atoms with Crippen LogP contribution in [0.3, 0.4) is 0 Å². The number of ether oxygens (including phenoxy) is 3. The maximum atomic E-state index is 13.4. The molecule has 1 aliphatic carbocycles. The van der Waals surface area contributed by atoms with E-state index in [9.17, 15) is 4.79 Å². The average molecular weight is 406 g/mol. The van der Waals surface area contributed by atoms with Crippen molar-refractivity contribution in [1.82, 2.24) is 10.2 Å². The summed E-state index contributed by atoms with van der Waals surface area (Å²) in [6.07, 6.45) is 14.0. The Hall–Kier alpha value is -3.41. The van der Waals surface area contributed by atoms with Crippen LogP contribution in [0.4, 0.5) is 0 Å². The quantitative estimate of drug-likeness (QED) is 0.780. The summed E-state index contributed by atoms with van der Waals surface area (Å²) in [7, 11) is 3.24. The Morgan fingerprint density at radius 3 is 2.80 bits per heavy atom. The van der Waals surface area contributed by atoms with Gasteiger partial charge in [-0.05, 0) is 61.0 Å². The Morgan fingerprint density at radius 2 is 2.03 bits per heavy atom. The highest BCUT2D eigenvalue weighted by molar-refractivity contribution is 5.88. The largest absolute Gasteiger partial charge is 0.497 e. The molecule has 1 amide bonds. The zero-order valence-corrected chi connectivity index (χ0v) is 17.4. The molecule has 1 aromatic carbocycles. The molecule has 0 aromatic heterocycles. The van der Waals surface area contributed by atoms with Crippen molar-refractivity contribution in [3.63, 3.8) is 0 Å². The lowest BCUT2D eigenvalue weighted by molar-refractivity contribution is -0.134. The number of carbonyl (C=O) groups is 1. The Kier molecular flexibility index (Phi) is 5.65. The maximum Gasteiger partial charge on any atom is 0.239 e. The van der Waals surface area contributed by atoms with Crippen LogP contribution in [0, 0.1) is 5.92 Å². The number of benzene rings is 1. The van der Waals surface area contributed by atoms with Gasteiger partial charge in [-0.3, -0.25) is 9.69 Å². The molecule has 156 valence electrons. The fourth-order valence-electron chi connectivity index (χ4n) is 4.01. The summed E-state index contributed by atoms with van der Waals surface area (Å²) in [6.45, 7) is 2.47. The number of fused-ring (bicyclic) bond motifs is 1. The normalized spacial score (nSPS) is 21.8. The number of carbonyl (C=O) groups excluding carboxylic acids is 1. The number of nitrogens with one attached hydrogen (secondary N) is 1. The van der Waals surface area contributed by atoms with Gasteiger partial charge in [-0.25, -0.2) is 0 Å². The van der Waals surface area contributed by atoms with Crippen molar-refractivity contribution in [1.29, 1.82) is 0 Å². The molecule has 0 saturated carbocycles. The molecule has 2 aliphatic heterocycles. The van der Waals surface area contributed by atoms with Crippen LogP contribution in [0.25, 0.3) is 5.57 Å². The fourth-order valence-corrected chi connectivity index (χ4v) is 4.01. The second-order valence-corrected chi connectivity index (χ2v) is 7.12. The van der Waals surface area contributed by atoms with Crippen molar-refractivity contribution in [2.75, 3.05) is 20.8 Å². The number of rotatable bonds is 6. The minimum absolute atomic E-state index is 0.0183. The highest BCUT2D eigenvalue weighted by Gasteiger charge is 2.37. The van der Waals surface area contributed by atoms with E-state index in [-0.39, 0.29) is 18.0 Å². The third-order valence-corrected chi connectivity index (χ3v) is 5.47. The van der Waals surface area contributed by atoms with Crippen LogP contribution >= 0.6 is 0 Å². The van der Waals surface area contributed by atoms with Crippen molar-refractivity contribution >= 4 is 11.5 Å². The second kappa shape index (κ2) is 8.53. The molecule has 3 aliphatic rings. The number of amides is 1. The van der Waals surface area contributed by atoms with Crippen LogP contribution in [0.5, 0.6) is 11.5 Å². The lowest BCUT2D eigenvalue weighted by Crippen LogP contribution is -2.46. The van der Waals surface area contributed by atoms with Gasteiger partial charge in [0.15, 0.2) is 11.5 Å². The van der Waals surface area contributed by atoms with Crippen LogP contribution < -0.4 is 14.8 Å². The molecular formula is C24H26N2O4. The van der Waals surface area contributed by atoms with Crippen LogP contribution in [0.2, 0.25) is 0 Å². The average Bonchev–Trinajstić information content (AvgIpc) is 3.23. The third kappa shape index (κ3) is 3.49. The molecule has 6 nitrogen and oxygen atoms in total. The van der Waals surface area contributed by atoms with E-state index >= 15 is 0 Å². The summed E-state index contributed by atoms with van der Waals surface area (Å²) in [6, 6.07) is 5.84. The van der Waals surface area contributed by atoms with Crippen LogP contribution in [-0.4, -0.2) is 37.8 Å². The summed E-state index contributed by atoms with van der Waals surface area (Å²) in [5, 5.41) is 3.32. The van der Waals surface area contributed by atoms with Crippen molar-refractivity contribution in [2.24, 2.45) is 5.92 Å². The molecule has 1 N–H and O–H groups in total.